The van der Waals surface area contributed by atoms with E-state index in [-0.39, 0.29) is 24.8 Å². The molecule has 3 heterocycles. The molecule has 4 aromatic rings. The summed E-state index contributed by atoms with van der Waals surface area (Å²) in [5.41, 5.74) is -0.916. The third-order valence-corrected chi connectivity index (χ3v) is 7.33. The van der Waals surface area contributed by atoms with Crippen molar-refractivity contribution in [2.45, 2.75) is 24.8 Å². The second kappa shape index (κ2) is 11.8. The van der Waals surface area contributed by atoms with E-state index in [0.29, 0.717) is 16.8 Å². The van der Waals surface area contributed by atoms with Gasteiger partial charge in [0, 0.05) is 24.7 Å². The molecule has 0 bridgehead atoms. The van der Waals surface area contributed by atoms with Gasteiger partial charge in [-0.05, 0) is 42.8 Å². The predicted octanol–water partition coefficient (Wildman–Crippen LogP) is 5.59. The number of ether oxygens (including phenoxy) is 2. The minimum absolute atomic E-state index is 0.149. The molecule has 0 aliphatic carbocycles. The van der Waals surface area contributed by atoms with E-state index in [1.165, 1.54) is 22.9 Å². The Hall–Kier alpha value is -3.89. The van der Waals surface area contributed by atoms with Crippen LogP contribution in [0.25, 0.3) is 11.3 Å². The second-order valence-corrected chi connectivity index (χ2v) is 11.1. The lowest BCUT2D eigenvalue weighted by Crippen LogP contribution is -2.60. The van der Waals surface area contributed by atoms with Gasteiger partial charge in [0.25, 0.3) is 0 Å². The molecule has 0 amide bonds. The van der Waals surface area contributed by atoms with Gasteiger partial charge in [-0.3, -0.25) is 0 Å². The van der Waals surface area contributed by atoms with Crippen LogP contribution in [0.3, 0.4) is 0 Å². The molecule has 226 valence electrons. The van der Waals surface area contributed by atoms with Crippen molar-refractivity contribution in [3.05, 3.63) is 83.7 Å². The topological polar surface area (TPSA) is 108 Å². The van der Waals surface area contributed by atoms with E-state index in [9.17, 15) is 34.8 Å². The van der Waals surface area contributed by atoms with E-state index >= 15 is 0 Å². The average molecular weight is 619 g/mol. The molecule has 0 saturated carbocycles. The van der Waals surface area contributed by atoms with Gasteiger partial charge in [0.15, 0.2) is 5.75 Å². The minimum Gasteiger partial charge on any atom is -0.439 e. The van der Waals surface area contributed by atoms with Crippen LogP contribution in [-0.2, 0) is 33.5 Å². The number of halogens is 6. The van der Waals surface area contributed by atoms with Crippen molar-refractivity contribution in [2.24, 2.45) is 7.05 Å². The third-order valence-electron chi connectivity index (χ3n) is 5.92. The first-order valence-corrected chi connectivity index (χ1v) is 13.7. The normalized spacial score (nSPS) is 15.0. The molecule has 9 nitrogen and oxygen atoms in total. The summed E-state index contributed by atoms with van der Waals surface area (Å²) in [6.07, 6.45) is -7.76. The fourth-order valence-corrected chi connectivity index (χ4v) is 5.25. The monoisotopic (exact) mass is 618 g/mol. The van der Waals surface area contributed by atoms with Crippen molar-refractivity contribution in [3.8, 4) is 22.9 Å². The van der Waals surface area contributed by atoms with Gasteiger partial charge in [-0.2, -0.15) is 36.2 Å². The van der Waals surface area contributed by atoms with Crippen LogP contribution in [0.5, 0.6) is 11.6 Å². The van der Waals surface area contributed by atoms with Crippen LogP contribution in [0.15, 0.2) is 71.4 Å². The Bertz CT molecular complexity index is 1600. The highest BCUT2D eigenvalue weighted by molar-refractivity contribution is 7.89. The van der Waals surface area contributed by atoms with Crippen molar-refractivity contribution < 1.29 is 48.8 Å². The molecule has 42 heavy (non-hydrogen) atoms. The van der Waals surface area contributed by atoms with Crippen LogP contribution in [0, 0.1) is 6.92 Å². The smallest absolute Gasteiger partial charge is 0.416 e. The lowest BCUT2D eigenvalue weighted by molar-refractivity contribution is -0.137. The highest BCUT2D eigenvalue weighted by Crippen LogP contribution is 2.35. The number of alkyl halides is 6. The number of sulfonamides is 1. The number of nitrogens with one attached hydrogen (secondary N) is 1. The molecule has 2 aromatic carbocycles. The fraction of sp³-hybridized carbons (Fsp3) is 0.308. The summed E-state index contributed by atoms with van der Waals surface area (Å²) in [5, 5.41) is 7.76. The number of hydrogen-bond acceptors (Lipinski definition) is 7. The summed E-state index contributed by atoms with van der Waals surface area (Å²) in [4.78, 5) is 0. The molecule has 0 atom stereocenters. The lowest BCUT2D eigenvalue weighted by atomic mass is 9.88. The van der Waals surface area contributed by atoms with E-state index in [4.69, 9.17) is 9.47 Å². The highest BCUT2D eigenvalue weighted by Gasteiger charge is 2.46. The number of nitrogens with zero attached hydrogens (tertiary/aromatic N) is 3. The first kappa shape index (κ1) is 31.1. The summed E-state index contributed by atoms with van der Waals surface area (Å²) in [7, 11) is -3.14. The molecule has 1 fully saturated rings. The Balaban J connectivity index is 0.000000600. The molecule has 1 aliphatic rings. The van der Waals surface area contributed by atoms with Crippen molar-refractivity contribution in [3.63, 3.8) is 0 Å². The van der Waals surface area contributed by atoms with Crippen LogP contribution >= 0.6 is 0 Å². The lowest BCUT2D eigenvalue weighted by Gasteiger charge is -2.42. The van der Waals surface area contributed by atoms with Crippen molar-refractivity contribution in [1.29, 1.82) is 0 Å². The molecular formula is C26H24F6N4O5S. The molecule has 2 aromatic heterocycles. The summed E-state index contributed by atoms with van der Waals surface area (Å²) in [6, 6.07) is 13.8. The van der Waals surface area contributed by atoms with Gasteiger partial charge in [0.2, 0.25) is 15.9 Å². The molecule has 16 heteroatoms. The van der Waals surface area contributed by atoms with Crippen LogP contribution in [0.1, 0.15) is 16.9 Å². The maximum atomic E-state index is 12.8. The maximum Gasteiger partial charge on any atom is 0.416 e. The molecule has 0 unspecified atom stereocenters. The fourth-order valence-electron chi connectivity index (χ4n) is 3.91. The zero-order chi connectivity index (χ0) is 30.8. The first-order valence-electron chi connectivity index (χ1n) is 12.1. The standard InChI is InChI=1S/C22H19F6N3O4S.C4H5NO/c1-31-19(35-17-7-5-15(6-8-17)22(26,27)28)10-18(29-31)14-3-2-4-16(9-14)20(11-34-12-20)30-36(32,33)13-21(23,24)25;1-4-2-3-5-6-4/h2-10,30H,11-13H2,1H3;2-3H,1H3. The summed E-state index contributed by atoms with van der Waals surface area (Å²) in [6.45, 7) is 1.54. The van der Waals surface area contributed by atoms with Gasteiger partial charge >= 0.3 is 12.4 Å². The Morgan fingerprint density at radius 3 is 2.21 bits per heavy atom. The second-order valence-electron chi connectivity index (χ2n) is 9.37. The first-order chi connectivity index (χ1) is 19.6. The van der Waals surface area contributed by atoms with E-state index in [0.717, 1.165) is 17.9 Å². The molecule has 0 radical (unpaired) electrons. The zero-order valence-electron chi connectivity index (χ0n) is 22.0. The van der Waals surface area contributed by atoms with Crippen LogP contribution in [0.2, 0.25) is 0 Å². The Morgan fingerprint density at radius 1 is 1.02 bits per heavy atom. The van der Waals surface area contributed by atoms with Crippen LogP contribution < -0.4 is 9.46 Å². The summed E-state index contributed by atoms with van der Waals surface area (Å²) < 4.78 is 119. The molecule has 1 N–H and O–H groups in total. The SMILES string of the molecule is Cc1ccno1.Cn1nc(-c2cccc(C3(NS(=O)(=O)CC(F)(F)F)COC3)c2)cc1Oc1ccc(C(F)(F)F)cc1. The van der Waals surface area contributed by atoms with Crippen molar-refractivity contribution >= 4 is 10.0 Å². The number of benzene rings is 2. The Morgan fingerprint density at radius 2 is 1.71 bits per heavy atom. The largest absolute Gasteiger partial charge is 0.439 e. The summed E-state index contributed by atoms with van der Waals surface area (Å²) >= 11 is 0. The molecule has 1 aliphatic heterocycles. The molecule has 1 saturated heterocycles. The van der Waals surface area contributed by atoms with Gasteiger partial charge in [0.1, 0.15) is 17.0 Å². The Kier molecular flexibility index (Phi) is 8.71. The van der Waals surface area contributed by atoms with Gasteiger partial charge < -0.3 is 14.0 Å². The van der Waals surface area contributed by atoms with Gasteiger partial charge in [-0.15, -0.1) is 0 Å². The third kappa shape index (κ3) is 7.89. The van der Waals surface area contributed by atoms with E-state index < -0.39 is 39.2 Å². The van der Waals surface area contributed by atoms with E-state index in [2.05, 4.69) is 19.5 Å². The van der Waals surface area contributed by atoms with Crippen molar-refractivity contribution in [2.75, 3.05) is 19.0 Å². The summed E-state index contributed by atoms with van der Waals surface area (Å²) in [5.74, 6) is -0.805. The predicted molar refractivity (Wildman–Crippen MR) is 137 cm³/mol. The number of rotatable bonds is 7. The van der Waals surface area contributed by atoms with Crippen LogP contribution in [0.4, 0.5) is 26.3 Å². The average Bonchev–Trinajstić information content (AvgIpc) is 3.49. The molecule has 5 rings (SSSR count). The van der Waals surface area contributed by atoms with Crippen LogP contribution in [-0.4, -0.2) is 48.5 Å². The number of hydrogen-bond donors (Lipinski definition) is 1. The molecule has 0 spiro atoms. The van der Waals surface area contributed by atoms with Crippen molar-refractivity contribution in [1.82, 2.24) is 19.7 Å². The zero-order valence-corrected chi connectivity index (χ0v) is 22.8. The van der Waals surface area contributed by atoms with E-state index in [1.807, 2.05) is 6.92 Å². The van der Waals surface area contributed by atoms with Gasteiger partial charge in [0.05, 0.1) is 30.7 Å². The van der Waals surface area contributed by atoms with E-state index in [1.54, 1.807) is 43.6 Å². The highest BCUT2D eigenvalue weighted by atomic mass is 32.2. The Labute approximate surface area is 236 Å². The quantitative estimate of drug-likeness (QED) is 0.269. The van der Waals surface area contributed by atoms with Gasteiger partial charge in [-0.25, -0.2) is 13.1 Å². The van der Waals surface area contributed by atoms with Gasteiger partial charge in [-0.1, -0.05) is 23.4 Å². The number of aromatic nitrogens is 3. The molecular weight excluding hydrogens is 594 g/mol. The maximum absolute atomic E-state index is 12.8. The number of aryl methyl sites for hydroxylation is 2. The minimum atomic E-state index is -4.91.